The molecular formula is C26H29ClN2O. The van der Waals surface area contributed by atoms with E-state index >= 15 is 0 Å². The van der Waals surface area contributed by atoms with Crippen LogP contribution in [0.1, 0.15) is 37.0 Å². The van der Waals surface area contributed by atoms with Gasteiger partial charge in [0.2, 0.25) is 0 Å². The molecule has 3 aromatic rings. The van der Waals surface area contributed by atoms with E-state index in [9.17, 15) is 0 Å². The van der Waals surface area contributed by atoms with E-state index in [4.69, 9.17) is 16.3 Å². The highest BCUT2D eigenvalue weighted by molar-refractivity contribution is 6.31. The van der Waals surface area contributed by atoms with Crippen molar-refractivity contribution in [1.82, 2.24) is 9.88 Å². The molecule has 156 valence electrons. The summed E-state index contributed by atoms with van der Waals surface area (Å²) in [7, 11) is 0. The van der Waals surface area contributed by atoms with Crippen LogP contribution in [0.15, 0.2) is 48.7 Å². The molecule has 30 heavy (non-hydrogen) atoms. The highest BCUT2D eigenvalue weighted by atomic mass is 35.5. The Kier molecular flexibility index (Phi) is 5.34. The lowest BCUT2D eigenvalue weighted by Crippen LogP contribution is -2.33. The summed E-state index contributed by atoms with van der Waals surface area (Å²) in [6.07, 6.45) is 8.16. The van der Waals surface area contributed by atoms with Crippen molar-refractivity contribution in [2.45, 2.75) is 39.2 Å². The van der Waals surface area contributed by atoms with Crippen molar-refractivity contribution in [3.05, 3.63) is 70.4 Å². The van der Waals surface area contributed by atoms with Crippen LogP contribution < -0.4 is 4.74 Å². The first-order valence-corrected chi connectivity index (χ1v) is 11.4. The molecule has 0 saturated carbocycles. The highest BCUT2D eigenvalue weighted by Gasteiger charge is 2.27. The van der Waals surface area contributed by atoms with E-state index in [1.807, 2.05) is 12.1 Å². The van der Waals surface area contributed by atoms with E-state index < -0.39 is 0 Å². The molecule has 2 aliphatic rings. The Morgan fingerprint density at radius 1 is 1.20 bits per heavy atom. The normalized spacial score (nSPS) is 19.3. The molecule has 0 amide bonds. The van der Waals surface area contributed by atoms with E-state index in [-0.39, 0.29) is 6.10 Å². The maximum absolute atomic E-state index is 6.13. The number of aromatic nitrogens is 1. The third-order valence-corrected chi connectivity index (χ3v) is 6.63. The van der Waals surface area contributed by atoms with Gasteiger partial charge in [-0.25, -0.2) is 0 Å². The van der Waals surface area contributed by atoms with Crippen molar-refractivity contribution in [2.24, 2.45) is 5.92 Å². The van der Waals surface area contributed by atoms with Gasteiger partial charge in [-0.2, -0.15) is 0 Å². The summed E-state index contributed by atoms with van der Waals surface area (Å²) in [5.74, 6) is 1.77. The third kappa shape index (κ3) is 3.89. The van der Waals surface area contributed by atoms with Crippen molar-refractivity contribution in [3.63, 3.8) is 0 Å². The maximum Gasteiger partial charge on any atom is 0.123 e. The molecule has 2 aromatic carbocycles. The van der Waals surface area contributed by atoms with Crippen molar-refractivity contribution < 1.29 is 4.74 Å². The SMILES string of the molecule is CC(C)Oc1cccc2c1CC(CN1CC=C(c3c[nH]c4cc(Cl)ccc34)CC1)C2. The Labute approximate surface area is 183 Å². The van der Waals surface area contributed by atoms with Crippen LogP contribution in [0, 0.1) is 5.92 Å². The molecule has 1 aromatic heterocycles. The molecule has 0 bridgehead atoms. The van der Waals surface area contributed by atoms with Crippen molar-refractivity contribution in [1.29, 1.82) is 0 Å². The van der Waals surface area contributed by atoms with Gasteiger partial charge in [0.15, 0.2) is 0 Å². The first kappa shape index (κ1) is 19.7. The number of benzene rings is 2. The predicted molar refractivity (Wildman–Crippen MR) is 125 cm³/mol. The summed E-state index contributed by atoms with van der Waals surface area (Å²) in [5, 5.41) is 2.04. The number of hydrogen-bond acceptors (Lipinski definition) is 2. The number of hydrogen-bond donors (Lipinski definition) is 1. The summed E-state index contributed by atoms with van der Waals surface area (Å²) in [4.78, 5) is 5.98. The minimum absolute atomic E-state index is 0.224. The smallest absolute Gasteiger partial charge is 0.123 e. The van der Waals surface area contributed by atoms with Gasteiger partial charge >= 0.3 is 0 Å². The van der Waals surface area contributed by atoms with Crippen LogP contribution in [0.2, 0.25) is 5.02 Å². The first-order chi connectivity index (χ1) is 14.6. The standard InChI is InChI=1S/C26H29ClN2O/c1-17(2)30-26-5-3-4-20-12-18(13-23(20)26)16-29-10-8-19(9-11-29)24-15-28-25-14-21(27)6-7-22(24)25/h3-8,14-15,17-18,28H,9-13,16H2,1-2H3. The van der Waals surface area contributed by atoms with Gasteiger partial charge in [-0.05, 0) is 73.9 Å². The quantitative estimate of drug-likeness (QED) is 0.539. The second-order valence-electron chi connectivity index (χ2n) is 8.97. The number of ether oxygens (including phenoxy) is 1. The van der Waals surface area contributed by atoms with Crippen LogP contribution in [0.25, 0.3) is 16.5 Å². The molecule has 3 nitrogen and oxygen atoms in total. The zero-order chi connectivity index (χ0) is 20.7. The number of fused-ring (bicyclic) bond motifs is 2. The first-order valence-electron chi connectivity index (χ1n) is 11.0. The van der Waals surface area contributed by atoms with Gasteiger partial charge in [0.25, 0.3) is 0 Å². The Morgan fingerprint density at radius 3 is 2.90 bits per heavy atom. The zero-order valence-electron chi connectivity index (χ0n) is 17.7. The van der Waals surface area contributed by atoms with Crippen LogP contribution in [0.5, 0.6) is 5.75 Å². The van der Waals surface area contributed by atoms with Crippen molar-refractivity contribution in [3.8, 4) is 5.75 Å². The predicted octanol–water partition coefficient (Wildman–Crippen LogP) is 6.11. The van der Waals surface area contributed by atoms with Gasteiger partial charge in [-0.3, -0.25) is 4.90 Å². The molecule has 1 aliphatic heterocycles. The van der Waals surface area contributed by atoms with E-state index in [2.05, 4.69) is 60.3 Å². The number of halogens is 1. The van der Waals surface area contributed by atoms with Crippen LogP contribution in [0.4, 0.5) is 0 Å². The summed E-state index contributed by atoms with van der Waals surface area (Å²) in [5.41, 5.74) is 6.79. The van der Waals surface area contributed by atoms with E-state index in [1.54, 1.807) is 0 Å². The molecule has 1 N–H and O–H groups in total. The third-order valence-electron chi connectivity index (χ3n) is 6.39. The molecule has 4 heteroatoms. The molecule has 1 aliphatic carbocycles. The topological polar surface area (TPSA) is 28.3 Å². The fourth-order valence-corrected chi connectivity index (χ4v) is 5.22. The van der Waals surface area contributed by atoms with Gasteiger partial charge < -0.3 is 9.72 Å². The molecule has 1 atom stereocenters. The number of nitrogens with zero attached hydrogens (tertiary/aromatic N) is 1. The lowest BCUT2D eigenvalue weighted by molar-refractivity contribution is 0.237. The maximum atomic E-state index is 6.13. The minimum atomic E-state index is 0.224. The number of aromatic amines is 1. The second kappa shape index (κ2) is 8.13. The van der Waals surface area contributed by atoms with Crippen LogP contribution >= 0.6 is 11.6 Å². The average molecular weight is 421 g/mol. The van der Waals surface area contributed by atoms with Crippen LogP contribution in [-0.4, -0.2) is 35.6 Å². The highest BCUT2D eigenvalue weighted by Crippen LogP contribution is 2.36. The Balaban J connectivity index is 1.25. The lowest BCUT2D eigenvalue weighted by Gasteiger charge is -2.28. The Morgan fingerprint density at radius 2 is 2.10 bits per heavy atom. The van der Waals surface area contributed by atoms with Crippen molar-refractivity contribution in [2.75, 3.05) is 19.6 Å². The molecule has 0 fully saturated rings. The largest absolute Gasteiger partial charge is 0.491 e. The summed E-state index contributed by atoms with van der Waals surface area (Å²) >= 11 is 6.13. The van der Waals surface area contributed by atoms with Crippen LogP contribution in [0.3, 0.4) is 0 Å². The Hall–Kier alpha value is -2.23. The van der Waals surface area contributed by atoms with Gasteiger partial charge in [-0.1, -0.05) is 35.9 Å². The second-order valence-corrected chi connectivity index (χ2v) is 9.40. The molecule has 0 saturated heterocycles. The minimum Gasteiger partial charge on any atom is -0.491 e. The number of rotatable bonds is 5. The van der Waals surface area contributed by atoms with E-state index in [0.29, 0.717) is 5.92 Å². The van der Waals surface area contributed by atoms with Gasteiger partial charge in [-0.15, -0.1) is 0 Å². The molecule has 0 spiro atoms. The molecule has 1 unspecified atom stereocenters. The lowest BCUT2D eigenvalue weighted by atomic mass is 9.97. The fourth-order valence-electron chi connectivity index (χ4n) is 5.05. The van der Waals surface area contributed by atoms with Gasteiger partial charge in [0.1, 0.15) is 5.75 Å². The molecule has 2 heterocycles. The Bertz CT molecular complexity index is 1100. The zero-order valence-corrected chi connectivity index (χ0v) is 18.5. The van der Waals surface area contributed by atoms with Crippen LogP contribution in [-0.2, 0) is 12.8 Å². The molecule has 5 rings (SSSR count). The van der Waals surface area contributed by atoms with E-state index in [1.165, 1.54) is 34.1 Å². The van der Waals surface area contributed by atoms with Crippen molar-refractivity contribution >= 4 is 28.1 Å². The monoisotopic (exact) mass is 420 g/mol. The summed E-state index contributed by atoms with van der Waals surface area (Å²) in [6.45, 7) is 7.51. The number of nitrogens with one attached hydrogen (secondary N) is 1. The van der Waals surface area contributed by atoms with Gasteiger partial charge in [0, 0.05) is 47.3 Å². The average Bonchev–Trinajstić information content (AvgIpc) is 3.32. The molecular weight excluding hydrogens is 392 g/mol. The summed E-state index contributed by atoms with van der Waals surface area (Å²) < 4.78 is 6.06. The molecule has 0 radical (unpaired) electrons. The van der Waals surface area contributed by atoms with Gasteiger partial charge in [0.05, 0.1) is 6.10 Å². The summed E-state index contributed by atoms with van der Waals surface area (Å²) in [6, 6.07) is 12.7. The number of H-pyrrole nitrogens is 1. The fraction of sp³-hybridized carbons (Fsp3) is 0.385. The van der Waals surface area contributed by atoms with E-state index in [0.717, 1.165) is 48.8 Å².